The molecule has 1 aromatic carbocycles. The van der Waals surface area contributed by atoms with Crippen LogP contribution in [-0.2, 0) is 0 Å². The first kappa shape index (κ1) is 20.5. The number of rotatable bonds is 5. The van der Waals surface area contributed by atoms with E-state index in [1.165, 1.54) is 25.0 Å². The van der Waals surface area contributed by atoms with Gasteiger partial charge < -0.3 is 10.2 Å². The maximum absolute atomic E-state index is 13.2. The Balaban J connectivity index is 1.80. The first-order valence-corrected chi connectivity index (χ1v) is 10.0. The van der Waals surface area contributed by atoms with Crippen molar-refractivity contribution in [3.63, 3.8) is 0 Å². The molecule has 2 atom stereocenters. The Morgan fingerprint density at radius 1 is 1.32 bits per heavy atom. The molecule has 5 nitrogen and oxygen atoms in total. The molecule has 3 rings (SSSR count). The Labute approximate surface area is 166 Å². The van der Waals surface area contributed by atoms with Crippen molar-refractivity contribution in [3.8, 4) is 5.69 Å². The lowest BCUT2D eigenvalue weighted by Crippen LogP contribution is -2.55. The number of amides is 1. The van der Waals surface area contributed by atoms with Crippen LogP contribution in [0.2, 0.25) is 0 Å². The van der Waals surface area contributed by atoms with E-state index in [1.807, 2.05) is 13.8 Å². The lowest BCUT2D eigenvalue weighted by atomic mass is 9.75. The van der Waals surface area contributed by atoms with Crippen LogP contribution in [0.1, 0.15) is 54.4 Å². The van der Waals surface area contributed by atoms with Gasteiger partial charge in [0.1, 0.15) is 5.82 Å². The molecule has 1 heterocycles. The molecule has 152 valence electrons. The maximum Gasteiger partial charge on any atom is 0.255 e. The maximum atomic E-state index is 13.2. The molecule has 0 bridgehead atoms. The van der Waals surface area contributed by atoms with E-state index in [-0.39, 0.29) is 17.3 Å². The average Bonchev–Trinajstić information content (AvgIpc) is 2.94. The van der Waals surface area contributed by atoms with Crippen LogP contribution >= 0.6 is 0 Å². The molecule has 1 amide bonds. The first-order valence-electron chi connectivity index (χ1n) is 10.0. The van der Waals surface area contributed by atoms with Gasteiger partial charge in [-0.05, 0) is 71.0 Å². The second-order valence-electron chi connectivity index (χ2n) is 8.44. The summed E-state index contributed by atoms with van der Waals surface area (Å²) < 4.78 is 14.9. The highest BCUT2D eigenvalue weighted by Crippen LogP contribution is 2.35. The van der Waals surface area contributed by atoms with Crippen LogP contribution in [0.5, 0.6) is 0 Å². The predicted octanol–water partition coefficient (Wildman–Crippen LogP) is 3.87. The summed E-state index contributed by atoms with van der Waals surface area (Å²) in [6.07, 6.45) is 4.63. The highest BCUT2D eigenvalue weighted by molar-refractivity contribution is 5.96. The number of likely N-dealkylation sites (N-methyl/N-ethyl adjacent to an activating group) is 1. The van der Waals surface area contributed by atoms with Crippen LogP contribution in [0, 0.1) is 25.6 Å². The molecule has 6 heteroatoms. The zero-order chi connectivity index (χ0) is 20.5. The number of nitrogens with zero attached hydrogens (tertiary/aromatic N) is 3. The van der Waals surface area contributed by atoms with Crippen molar-refractivity contribution in [3.05, 3.63) is 47.0 Å². The Kier molecular flexibility index (Phi) is 5.89. The Bertz CT molecular complexity index is 843. The summed E-state index contributed by atoms with van der Waals surface area (Å²) in [6.45, 7) is 6.64. The van der Waals surface area contributed by atoms with Crippen molar-refractivity contribution in [2.45, 2.75) is 52.0 Å². The quantitative estimate of drug-likeness (QED) is 0.849. The van der Waals surface area contributed by atoms with Crippen LogP contribution in [0.15, 0.2) is 24.3 Å². The number of carbonyl (C=O) groups excluding carboxylic acids is 1. The normalized spacial score (nSPS) is 22.5. The van der Waals surface area contributed by atoms with Crippen LogP contribution in [-0.4, -0.2) is 46.8 Å². The van der Waals surface area contributed by atoms with Gasteiger partial charge in [0, 0.05) is 12.1 Å². The number of aromatic nitrogens is 2. The summed E-state index contributed by atoms with van der Waals surface area (Å²) in [5.41, 5.74) is 2.78. The molecular formula is C22H31FN4O. The third kappa shape index (κ3) is 3.97. The summed E-state index contributed by atoms with van der Waals surface area (Å²) in [5, 5.41) is 7.69. The minimum atomic E-state index is -0.293. The molecule has 0 saturated heterocycles. The van der Waals surface area contributed by atoms with E-state index in [9.17, 15) is 9.18 Å². The molecular weight excluding hydrogens is 355 g/mol. The van der Waals surface area contributed by atoms with Crippen LogP contribution < -0.4 is 5.32 Å². The zero-order valence-electron chi connectivity index (χ0n) is 17.6. The number of hydrogen-bond donors (Lipinski definition) is 1. The third-order valence-electron chi connectivity index (χ3n) is 6.18. The summed E-state index contributed by atoms with van der Waals surface area (Å²) in [6, 6.07) is 6.13. The minimum Gasteiger partial charge on any atom is -0.350 e. The zero-order valence-corrected chi connectivity index (χ0v) is 17.6. The Morgan fingerprint density at radius 2 is 2.00 bits per heavy atom. The number of carbonyl (C=O) groups is 1. The molecule has 0 unspecified atom stereocenters. The monoisotopic (exact) mass is 386 g/mol. The summed E-state index contributed by atoms with van der Waals surface area (Å²) >= 11 is 0. The minimum absolute atomic E-state index is 0.00207. The number of aryl methyl sites for hydroxylation is 1. The van der Waals surface area contributed by atoms with Crippen molar-refractivity contribution in [2.75, 3.05) is 20.6 Å². The lowest BCUT2D eigenvalue weighted by Gasteiger charge is -2.45. The fourth-order valence-corrected chi connectivity index (χ4v) is 4.50. The van der Waals surface area contributed by atoms with Gasteiger partial charge in [-0.3, -0.25) is 4.79 Å². The molecule has 1 aliphatic carbocycles. The smallest absolute Gasteiger partial charge is 0.255 e. The second-order valence-corrected chi connectivity index (χ2v) is 8.44. The number of nitrogens with one attached hydrogen (secondary N) is 1. The van der Waals surface area contributed by atoms with Gasteiger partial charge in [0.15, 0.2) is 0 Å². The number of benzene rings is 1. The van der Waals surface area contributed by atoms with Gasteiger partial charge in [-0.1, -0.05) is 19.8 Å². The van der Waals surface area contributed by atoms with Crippen molar-refractivity contribution in [1.29, 1.82) is 0 Å². The van der Waals surface area contributed by atoms with E-state index >= 15 is 0 Å². The van der Waals surface area contributed by atoms with E-state index in [0.29, 0.717) is 23.7 Å². The van der Waals surface area contributed by atoms with Gasteiger partial charge in [0.2, 0.25) is 0 Å². The van der Waals surface area contributed by atoms with Crippen molar-refractivity contribution < 1.29 is 9.18 Å². The summed E-state index contributed by atoms with van der Waals surface area (Å²) in [5.74, 6) is 0.277. The second kappa shape index (κ2) is 8.03. The molecule has 1 saturated carbocycles. The standard InChI is InChI=1S/C22H31FN4O/c1-15-7-6-12-22(13-15,26(4)5)14-24-21(28)20-16(2)25-27(17(20)3)19-10-8-18(23)9-11-19/h8-11,15H,6-7,12-14H2,1-5H3,(H,24,28)/t15-,22-/m0/s1. The lowest BCUT2D eigenvalue weighted by molar-refractivity contribution is 0.0674. The van der Waals surface area contributed by atoms with Gasteiger partial charge in [-0.2, -0.15) is 5.10 Å². The van der Waals surface area contributed by atoms with E-state index in [4.69, 9.17) is 0 Å². The SMILES string of the molecule is Cc1nn(-c2ccc(F)cc2)c(C)c1C(=O)NC[C@]1(N(C)C)CCC[C@H](C)C1. The molecule has 1 aromatic heterocycles. The largest absolute Gasteiger partial charge is 0.350 e. The number of hydrogen-bond acceptors (Lipinski definition) is 3. The van der Waals surface area contributed by atoms with Crippen molar-refractivity contribution in [2.24, 2.45) is 5.92 Å². The van der Waals surface area contributed by atoms with Crippen LogP contribution in [0.25, 0.3) is 5.69 Å². The van der Waals surface area contributed by atoms with Crippen molar-refractivity contribution >= 4 is 5.91 Å². The molecule has 0 spiro atoms. The summed E-state index contributed by atoms with van der Waals surface area (Å²) in [4.78, 5) is 15.3. The molecule has 0 aliphatic heterocycles. The van der Waals surface area contributed by atoms with Gasteiger partial charge in [0.25, 0.3) is 5.91 Å². The van der Waals surface area contributed by atoms with Gasteiger partial charge in [-0.15, -0.1) is 0 Å². The fourth-order valence-electron chi connectivity index (χ4n) is 4.50. The van der Waals surface area contributed by atoms with Crippen LogP contribution in [0.4, 0.5) is 4.39 Å². The molecule has 28 heavy (non-hydrogen) atoms. The van der Waals surface area contributed by atoms with E-state index in [0.717, 1.165) is 24.2 Å². The van der Waals surface area contributed by atoms with Crippen LogP contribution in [0.3, 0.4) is 0 Å². The van der Waals surface area contributed by atoms with Gasteiger partial charge >= 0.3 is 0 Å². The highest BCUT2D eigenvalue weighted by atomic mass is 19.1. The van der Waals surface area contributed by atoms with Crippen molar-refractivity contribution in [1.82, 2.24) is 20.0 Å². The van der Waals surface area contributed by atoms with Gasteiger partial charge in [0.05, 0.1) is 22.6 Å². The van der Waals surface area contributed by atoms with E-state index in [2.05, 4.69) is 36.3 Å². The summed E-state index contributed by atoms with van der Waals surface area (Å²) in [7, 11) is 4.21. The third-order valence-corrected chi connectivity index (χ3v) is 6.18. The molecule has 2 aromatic rings. The Morgan fingerprint density at radius 3 is 2.61 bits per heavy atom. The first-order chi connectivity index (χ1) is 13.2. The number of halogens is 1. The van der Waals surface area contributed by atoms with E-state index in [1.54, 1.807) is 16.8 Å². The van der Waals surface area contributed by atoms with Gasteiger partial charge in [-0.25, -0.2) is 9.07 Å². The topological polar surface area (TPSA) is 50.2 Å². The fraction of sp³-hybridized carbons (Fsp3) is 0.545. The Hall–Kier alpha value is -2.21. The molecule has 1 fully saturated rings. The highest BCUT2D eigenvalue weighted by Gasteiger charge is 2.37. The van der Waals surface area contributed by atoms with E-state index < -0.39 is 0 Å². The molecule has 0 radical (unpaired) electrons. The predicted molar refractivity (Wildman–Crippen MR) is 109 cm³/mol. The molecule has 1 N–H and O–H groups in total. The molecule has 1 aliphatic rings. The average molecular weight is 387 g/mol.